The predicted octanol–water partition coefficient (Wildman–Crippen LogP) is 3.42. The molecule has 2 atom stereocenters. The molecule has 2 aromatic rings. The highest BCUT2D eigenvalue weighted by atomic mass is 32.2. The van der Waals surface area contributed by atoms with Gasteiger partial charge in [0.05, 0.1) is 20.3 Å². The highest BCUT2D eigenvalue weighted by Gasteiger charge is 2.32. The highest BCUT2D eigenvalue weighted by molar-refractivity contribution is 7.84. The first-order valence-electron chi connectivity index (χ1n) is 8.51. The minimum atomic E-state index is -1.05. The molecule has 0 N–H and O–H groups in total. The standard InChI is InChI=1S/C20H23NO4S/c1-24-15-8-11-19(25-2)17(13-15)18-5-4-12-21(18)20(22)14-6-9-16(10-7-14)26(3)23/h6-11,13,18H,4-5,12H2,1-3H3/t18-,26-/m0/s1. The molecule has 26 heavy (non-hydrogen) atoms. The second kappa shape index (κ2) is 7.91. The lowest BCUT2D eigenvalue weighted by molar-refractivity contribution is 0.0734. The third-order valence-corrected chi connectivity index (χ3v) is 5.68. The fourth-order valence-electron chi connectivity index (χ4n) is 3.39. The van der Waals surface area contributed by atoms with Crippen LogP contribution >= 0.6 is 0 Å². The van der Waals surface area contributed by atoms with Crippen molar-refractivity contribution in [1.82, 2.24) is 4.90 Å². The van der Waals surface area contributed by atoms with Crippen LogP contribution in [0.5, 0.6) is 11.5 Å². The van der Waals surface area contributed by atoms with E-state index in [4.69, 9.17) is 9.47 Å². The van der Waals surface area contributed by atoms with Crippen molar-refractivity contribution < 1.29 is 18.5 Å². The van der Waals surface area contributed by atoms with E-state index in [1.165, 1.54) is 0 Å². The number of rotatable bonds is 5. The van der Waals surface area contributed by atoms with Gasteiger partial charge in [0.1, 0.15) is 11.5 Å². The zero-order chi connectivity index (χ0) is 18.7. The summed E-state index contributed by atoms with van der Waals surface area (Å²) in [6.45, 7) is 0.700. The van der Waals surface area contributed by atoms with Gasteiger partial charge < -0.3 is 14.4 Å². The van der Waals surface area contributed by atoms with E-state index in [-0.39, 0.29) is 11.9 Å². The van der Waals surface area contributed by atoms with Crippen molar-refractivity contribution in [3.05, 3.63) is 53.6 Å². The number of benzene rings is 2. The molecule has 1 aliphatic heterocycles. The van der Waals surface area contributed by atoms with E-state index >= 15 is 0 Å². The van der Waals surface area contributed by atoms with Gasteiger partial charge in [0, 0.05) is 39.6 Å². The predicted molar refractivity (Wildman–Crippen MR) is 101 cm³/mol. The smallest absolute Gasteiger partial charge is 0.254 e. The molecule has 1 heterocycles. The zero-order valence-corrected chi connectivity index (χ0v) is 16.0. The SMILES string of the molecule is COc1ccc(OC)c([C@@H]2CCCN2C(=O)c2ccc([S@](C)=O)cc2)c1. The lowest BCUT2D eigenvalue weighted by Gasteiger charge is -2.27. The summed E-state index contributed by atoms with van der Waals surface area (Å²) in [4.78, 5) is 15.6. The number of hydrogen-bond acceptors (Lipinski definition) is 4. The Balaban J connectivity index is 1.90. The van der Waals surface area contributed by atoms with Gasteiger partial charge in [0.15, 0.2) is 0 Å². The Morgan fingerprint density at radius 2 is 1.85 bits per heavy atom. The summed E-state index contributed by atoms with van der Waals surface area (Å²) in [7, 11) is 2.21. The van der Waals surface area contributed by atoms with Crippen molar-refractivity contribution in [3.63, 3.8) is 0 Å². The molecular weight excluding hydrogens is 350 g/mol. The molecule has 0 spiro atoms. The Labute approximate surface area is 156 Å². The van der Waals surface area contributed by atoms with Gasteiger partial charge in [-0.25, -0.2) is 0 Å². The molecule has 1 fully saturated rings. The Morgan fingerprint density at radius 3 is 2.46 bits per heavy atom. The molecular formula is C20H23NO4S. The summed E-state index contributed by atoms with van der Waals surface area (Å²) in [6.07, 6.45) is 3.45. The molecule has 0 aliphatic carbocycles. The zero-order valence-electron chi connectivity index (χ0n) is 15.2. The number of amides is 1. The number of likely N-dealkylation sites (tertiary alicyclic amines) is 1. The summed E-state index contributed by atoms with van der Waals surface area (Å²) in [6, 6.07) is 12.6. The summed E-state index contributed by atoms with van der Waals surface area (Å²) in [5.74, 6) is 1.48. The minimum absolute atomic E-state index is 0.0224. The number of nitrogens with zero attached hydrogens (tertiary/aromatic N) is 1. The largest absolute Gasteiger partial charge is 0.497 e. The van der Waals surface area contributed by atoms with Crippen molar-refractivity contribution >= 4 is 16.7 Å². The van der Waals surface area contributed by atoms with Crippen molar-refractivity contribution in [2.24, 2.45) is 0 Å². The molecule has 138 valence electrons. The van der Waals surface area contributed by atoms with Crippen LogP contribution in [-0.4, -0.2) is 42.0 Å². The summed E-state index contributed by atoms with van der Waals surface area (Å²) in [5.41, 5.74) is 1.57. The van der Waals surface area contributed by atoms with Crippen LogP contribution in [0.2, 0.25) is 0 Å². The van der Waals surface area contributed by atoms with Crippen LogP contribution < -0.4 is 9.47 Å². The van der Waals surface area contributed by atoms with Crippen molar-refractivity contribution in [1.29, 1.82) is 0 Å². The van der Waals surface area contributed by atoms with E-state index in [9.17, 15) is 9.00 Å². The fraction of sp³-hybridized carbons (Fsp3) is 0.350. The van der Waals surface area contributed by atoms with Crippen molar-refractivity contribution in [2.45, 2.75) is 23.8 Å². The lowest BCUT2D eigenvalue weighted by Crippen LogP contribution is -2.30. The molecule has 1 amide bonds. The van der Waals surface area contributed by atoms with Crippen LogP contribution in [0.3, 0.4) is 0 Å². The number of hydrogen-bond donors (Lipinski definition) is 0. The maximum Gasteiger partial charge on any atom is 0.254 e. The van der Waals surface area contributed by atoms with Crippen LogP contribution in [0.4, 0.5) is 0 Å². The molecule has 3 rings (SSSR count). The highest BCUT2D eigenvalue weighted by Crippen LogP contribution is 2.39. The third-order valence-electron chi connectivity index (χ3n) is 4.74. The Bertz CT molecular complexity index is 819. The molecule has 0 radical (unpaired) electrons. The number of carbonyl (C=O) groups is 1. The number of carbonyl (C=O) groups excluding carboxylic acids is 1. The van der Waals surface area contributed by atoms with Gasteiger partial charge in [-0.3, -0.25) is 9.00 Å². The average molecular weight is 373 g/mol. The van der Waals surface area contributed by atoms with E-state index in [2.05, 4.69) is 0 Å². The monoisotopic (exact) mass is 373 g/mol. The maximum absolute atomic E-state index is 13.0. The molecule has 1 aliphatic rings. The van der Waals surface area contributed by atoms with Gasteiger partial charge in [0.2, 0.25) is 0 Å². The maximum atomic E-state index is 13.0. The molecule has 2 aromatic carbocycles. The van der Waals surface area contributed by atoms with Crippen LogP contribution in [-0.2, 0) is 10.8 Å². The van der Waals surface area contributed by atoms with Crippen LogP contribution in [0.1, 0.15) is 34.8 Å². The van der Waals surface area contributed by atoms with Gasteiger partial charge in [0.25, 0.3) is 5.91 Å². The second-order valence-corrected chi connectivity index (χ2v) is 7.62. The summed E-state index contributed by atoms with van der Waals surface area (Å²) < 4.78 is 22.4. The van der Waals surface area contributed by atoms with E-state index in [0.717, 1.165) is 29.9 Å². The molecule has 1 saturated heterocycles. The topological polar surface area (TPSA) is 55.8 Å². The van der Waals surface area contributed by atoms with Gasteiger partial charge in [-0.15, -0.1) is 0 Å². The van der Waals surface area contributed by atoms with Crippen LogP contribution in [0.15, 0.2) is 47.4 Å². The van der Waals surface area contributed by atoms with Crippen LogP contribution in [0, 0.1) is 0 Å². The first-order chi connectivity index (χ1) is 12.5. The van der Waals surface area contributed by atoms with Crippen molar-refractivity contribution in [3.8, 4) is 11.5 Å². The van der Waals surface area contributed by atoms with Gasteiger partial charge in [-0.2, -0.15) is 0 Å². The second-order valence-electron chi connectivity index (χ2n) is 6.24. The Hall–Kier alpha value is -2.34. The van der Waals surface area contributed by atoms with Crippen molar-refractivity contribution in [2.75, 3.05) is 27.0 Å². The van der Waals surface area contributed by atoms with Gasteiger partial charge >= 0.3 is 0 Å². The Kier molecular flexibility index (Phi) is 5.61. The number of ether oxygens (including phenoxy) is 2. The van der Waals surface area contributed by atoms with E-state index in [0.29, 0.717) is 17.0 Å². The first kappa shape index (κ1) is 18.5. The Morgan fingerprint density at radius 1 is 1.12 bits per heavy atom. The minimum Gasteiger partial charge on any atom is -0.497 e. The molecule has 0 aromatic heterocycles. The molecule has 6 heteroatoms. The summed E-state index contributed by atoms with van der Waals surface area (Å²) >= 11 is 0. The average Bonchev–Trinajstić information content (AvgIpc) is 3.16. The quantitative estimate of drug-likeness (QED) is 0.806. The van der Waals surface area contributed by atoms with Crippen LogP contribution in [0.25, 0.3) is 0 Å². The fourth-order valence-corrected chi connectivity index (χ4v) is 3.91. The summed E-state index contributed by atoms with van der Waals surface area (Å²) in [5, 5.41) is 0. The number of methoxy groups -OCH3 is 2. The first-order valence-corrected chi connectivity index (χ1v) is 10.1. The molecule has 5 nitrogen and oxygen atoms in total. The van der Waals surface area contributed by atoms with Gasteiger partial charge in [-0.1, -0.05) is 0 Å². The normalized spacial score (nSPS) is 17.8. The molecule has 0 bridgehead atoms. The van der Waals surface area contributed by atoms with E-state index in [1.807, 2.05) is 23.1 Å². The lowest BCUT2D eigenvalue weighted by atomic mass is 10.0. The van der Waals surface area contributed by atoms with Gasteiger partial charge in [-0.05, 0) is 55.3 Å². The van der Waals surface area contributed by atoms with E-state index in [1.54, 1.807) is 44.7 Å². The third kappa shape index (κ3) is 3.60. The molecule has 0 saturated carbocycles. The molecule has 0 unspecified atom stereocenters. The van der Waals surface area contributed by atoms with E-state index < -0.39 is 10.8 Å².